The molecule has 3 aromatic heterocycles. The molecule has 0 aliphatic carbocycles. The topological polar surface area (TPSA) is 93.2 Å². The van der Waals surface area contributed by atoms with Crippen LogP contribution in [0.2, 0.25) is 0 Å². The zero-order valence-electron chi connectivity index (χ0n) is 17.7. The highest BCUT2D eigenvalue weighted by Gasteiger charge is 2.28. The molecule has 0 saturated carbocycles. The molecule has 0 radical (unpaired) electrons. The highest BCUT2D eigenvalue weighted by atomic mass is 35.5. The lowest BCUT2D eigenvalue weighted by atomic mass is 10.1. The van der Waals surface area contributed by atoms with Crippen LogP contribution >= 0.6 is 35.1 Å². The molecule has 1 aliphatic rings. The number of thiophene rings is 2. The number of rotatable bonds is 6. The van der Waals surface area contributed by atoms with E-state index in [1.807, 2.05) is 47.2 Å². The Bertz CT molecular complexity index is 1400. The van der Waals surface area contributed by atoms with E-state index in [0.717, 1.165) is 32.0 Å². The summed E-state index contributed by atoms with van der Waals surface area (Å²) in [7, 11) is 1.63. The predicted octanol–water partition coefficient (Wildman–Crippen LogP) is 4.78. The van der Waals surface area contributed by atoms with Crippen LogP contribution in [0.25, 0.3) is 20.7 Å². The SMILES string of the molecule is COc1cccc(Cc2nc(NC3=C(C)C(=O)NC3=O)c3c(-c4cccs4)csc3n2)c1.Cl. The van der Waals surface area contributed by atoms with Gasteiger partial charge in [0.15, 0.2) is 0 Å². The van der Waals surface area contributed by atoms with Crippen molar-refractivity contribution in [2.24, 2.45) is 0 Å². The molecule has 168 valence electrons. The number of methoxy groups -OCH3 is 1. The second-order valence-electron chi connectivity index (χ2n) is 7.23. The summed E-state index contributed by atoms with van der Waals surface area (Å²) in [5.41, 5.74) is 2.56. The van der Waals surface area contributed by atoms with Gasteiger partial charge in [-0.25, -0.2) is 9.97 Å². The minimum atomic E-state index is -0.457. The van der Waals surface area contributed by atoms with Crippen LogP contribution in [-0.2, 0) is 16.0 Å². The van der Waals surface area contributed by atoms with Crippen LogP contribution in [0.5, 0.6) is 5.75 Å². The molecule has 0 fully saturated rings. The summed E-state index contributed by atoms with van der Waals surface area (Å²) in [6.45, 7) is 1.62. The fraction of sp³-hybridized carbons (Fsp3) is 0.130. The normalized spacial score (nSPS) is 13.3. The monoisotopic (exact) mass is 498 g/mol. The van der Waals surface area contributed by atoms with Gasteiger partial charge >= 0.3 is 0 Å². The largest absolute Gasteiger partial charge is 0.497 e. The summed E-state index contributed by atoms with van der Waals surface area (Å²) < 4.78 is 5.32. The summed E-state index contributed by atoms with van der Waals surface area (Å²) in [4.78, 5) is 35.7. The first-order valence-electron chi connectivity index (χ1n) is 9.82. The average Bonchev–Trinajstić information content (AvgIpc) is 3.51. The van der Waals surface area contributed by atoms with Crippen molar-refractivity contribution >= 4 is 62.9 Å². The predicted molar refractivity (Wildman–Crippen MR) is 133 cm³/mol. The van der Waals surface area contributed by atoms with E-state index in [9.17, 15) is 9.59 Å². The molecule has 7 nitrogen and oxygen atoms in total. The van der Waals surface area contributed by atoms with E-state index in [1.54, 1.807) is 25.4 Å². The average molecular weight is 499 g/mol. The first-order valence-corrected chi connectivity index (χ1v) is 11.6. The Hall–Kier alpha value is -3.27. The van der Waals surface area contributed by atoms with Crippen LogP contribution in [0.15, 0.2) is 58.4 Å². The molecule has 0 atom stereocenters. The maximum Gasteiger partial charge on any atom is 0.275 e. The number of nitrogens with one attached hydrogen (secondary N) is 2. The van der Waals surface area contributed by atoms with E-state index in [2.05, 4.69) is 10.6 Å². The Morgan fingerprint density at radius 1 is 1.09 bits per heavy atom. The van der Waals surface area contributed by atoms with Gasteiger partial charge in [-0.1, -0.05) is 18.2 Å². The number of amides is 2. The highest BCUT2D eigenvalue weighted by Crippen LogP contribution is 2.39. The van der Waals surface area contributed by atoms with E-state index in [-0.39, 0.29) is 18.1 Å². The van der Waals surface area contributed by atoms with Crippen molar-refractivity contribution in [2.75, 3.05) is 12.4 Å². The summed E-state index contributed by atoms with van der Waals surface area (Å²) >= 11 is 3.15. The Labute approximate surface area is 203 Å². The quantitative estimate of drug-likeness (QED) is 0.371. The number of hydrogen-bond acceptors (Lipinski definition) is 8. The second kappa shape index (κ2) is 9.30. The zero-order chi connectivity index (χ0) is 22.2. The van der Waals surface area contributed by atoms with E-state index < -0.39 is 11.8 Å². The number of imide groups is 1. The number of nitrogens with zero attached hydrogens (tertiary/aromatic N) is 2. The molecule has 4 aromatic rings. The fourth-order valence-electron chi connectivity index (χ4n) is 3.55. The van der Waals surface area contributed by atoms with Gasteiger partial charge < -0.3 is 10.1 Å². The Morgan fingerprint density at radius 2 is 1.94 bits per heavy atom. The third-order valence-corrected chi connectivity index (χ3v) is 6.95. The Balaban J connectivity index is 0.00000259. The lowest BCUT2D eigenvalue weighted by Crippen LogP contribution is -2.24. The molecule has 0 bridgehead atoms. The molecule has 33 heavy (non-hydrogen) atoms. The third kappa shape index (κ3) is 4.35. The molecular weight excluding hydrogens is 480 g/mol. The maximum atomic E-state index is 12.3. The molecule has 5 rings (SSSR count). The van der Waals surface area contributed by atoms with Crippen molar-refractivity contribution in [1.29, 1.82) is 0 Å². The smallest absolute Gasteiger partial charge is 0.275 e. The van der Waals surface area contributed by atoms with Gasteiger partial charge in [0.05, 0.1) is 12.5 Å². The summed E-state index contributed by atoms with van der Waals surface area (Å²) in [6.07, 6.45) is 0.497. The van der Waals surface area contributed by atoms with Crippen molar-refractivity contribution in [2.45, 2.75) is 13.3 Å². The van der Waals surface area contributed by atoms with Gasteiger partial charge in [0, 0.05) is 27.8 Å². The molecule has 2 amide bonds. The highest BCUT2D eigenvalue weighted by molar-refractivity contribution is 7.18. The lowest BCUT2D eigenvalue weighted by Gasteiger charge is -2.11. The number of benzene rings is 1. The van der Waals surface area contributed by atoms with E-state index in [0.29, 0.717) is 23.6 Å². The minimum absolute atomic E-state index is 0. The van der Waals surface area contributed by atoms with Crippen LogP contribution in [0, 0.1) is 0 Å². The first-order chi connectivity index (χ1) is 15.5. The van der Waals surface area contributed by atoms with Gasteiger partial charge in [0.1, 0.15) is 27.9 Å². The van der Waals surface area contributed by atoms with Gasteiger partial charge in [-0.2, -0.15) is 0 Å². The van der Waals surface area contributed by atoms with Crippen LogP contribution in [0.4, 0.5) is 5.82 Å². The lowest BCUT2D eigenvalue weighted by molar-refractivity contribution is -0.124. The van der Waals surface area contributed by atoms with Crippen molar-refractivity contribution in [3.05, 3.63) is 69.8 Å². The van der Waals surface area contributed by atoms with E-state index >= 15 is 0 Å². The van der Waals surface area contributed by atoms with Crippen molar-refractivity contribution in [1.82, 2.24) is 15.3 Å². The molecule has 0 unspecified atom stereocenters. The van der Waals surface area contributed by atoms with Gasteiger partial charge in [0.25, 0.3) is 11.8 Å². The van der Waals surface area contributed by atoms with Crippen LogP contribution < -0.4 is 15.4 Å². The van der Waals surface area contributed by atoms with Gasteiger partial charge in [-0.3, -0.25) is 14.9 Å². The molecule has 4 heterocycles. The van der Waals surface area contributed by atoms with Crippen molar-refractivity contribution < 1.29 is 14.3 Å². The number of halogens is 1. The number of carbonyl (C=O) groups is 2. The summed E-state index contributed by atoms with van der Waals surface area (Å²) in [6, 6.07) is 11.8. The van der Waals surface area contributed by atoms with Crippen molar-refractivity contribution in [3.8, 4) is 16.2 Å². The number of anilines is 1. The zero-order valence-corrected chi connectivity index (χ0v) is 20.1. The fourth-order valence-corrected chi connectivity index (χ4v) is 5.33. The van der Waals surface area contributed by atoms with E-state index in [1.165, 1.54) is 11.3 Å². The van der Waals surface area contributed by atoms with E-state index in [4.69, 9.17) is 14.7 Å². The number of hydrogen-bond donors (Lipinski definition) is 2. The number of carbonyl (C=O) groups excluding carboxylic acids is 2. The van der Waals surface area contributed by atoms with Gasteiger partial charge in [0.2, 0.25) is 0 Å². The van der Waals surface area contributed by atoms with Gasteiger partial charge in [-0.05, 0) is 36.1 Å². The van der Waals surface area contributed by atoms with Crippen LogP contribution in [0.1, 0.15) is 18.3 Å². The molecule has 0 saturated heterocycles. The maximum absolute atomic E-state index is 12.3. The first kappa shape index (κ1) is 22.9. The van der Waals surface area contributed by atoms with Crippen molar-refractivity contribution in [3.63, 3.8) is 0 Å². The molecule has 10 heteroatoms. The Kier molecular flexibility index (Phi) is 6.46. The third-order valence-electron chi connectivity index (χ3n) is 5.18. The van der Waals surface area contributed by atoms with Crippen LogP contribution in [0.3, 0.4) is 0 Å². The number of aromatic nitrogens is 2. The molecule has 1 aliphatic heterocycles. The summed E-state index contributed by atoms with van der Waals surface area (Å²) in [5.74, 6) is 1.03. The second-order valence-corrected chi connectivity index (χ2v) is 9.04. The van der Waals surface area contributed by atoms with Crippen LogP contribution in [-0.4, -0.2) is 28.9 Å². The standard InChI is InChI=1S/C23H18N4O3S2.ClH/c1-12-19(22(29)27-21(12)28)26-20-18-15(16-7-4-8-31-16)11-32-23(18)25-17(24-20)10-13-5-3-6-14(9-13)30-2;/h3-9,11H,10H2,1-2H3,(H2,24,25,26,27,28,29);1H. The molecule has 0 spiro atoms. The molecule has 1 aromatic carbocycles. The number of ether oxygens (including phenoxy) is 1. The van der Waals surface area contributed by atoms with Gasteiger partial charge in [-0.15, -0.1) is 35.1 Å². The molecule has 2 N–H and O–H groups in total. The summed E-state index contributed by atoms with van der Waals surface area (Å²) in [5, 5.41) is 10.3. The Morgan fingerprint density at radius 3 is 2.64 bits per heavy atom. The number of fused-ring (bicyclic) bond motifs is 1. The molecular formula is C23H19ClN4O3S2. The minimum Gasteiger partial charge on any atom is -0.497 e.